The van der Waals surface area contributed by atoms with Gasteiger partial charge in [-0.05, 0) is 44.4 Å². The lowest BCUT2D eigenvalue weighted by atomic mass is 10.1. The maximum atomic E-state index is 6.44. The molecule has 27 heavy (non-hydrogen) atoms. The van der Waals surface area contributed by atoms with Gasteiger partial charge in [-0.3, -0.25) is 0 Å². The predicted octanol–water partition coefficient (Wildman–Crippen LogP) is 5.62. The second-order valence-corrected chi connectivity index (χ2v) is 7.53. The fourth-order valence-electron chi connectivity index (χ4n) is 3.35. The third kappa shape index (κ3) is 3.89. The number of para-hydroxylation sites is 1. The number of rotatable bonds is 4. The summed E-state index contributed by atoms with van der Waals surface area (Å²) in [5.74, 6) is 2.17. The molecule has 0 unspecified atom stereocenters. The summed E-state index contributed by atoms with van der Waals surface area (Å²) in [5, 5.41) is 8.99. The highest BCUT2D eigenvalue weighted by molar-refractivity contribution is 6.37. The standard InChI is InChI=1S/C20H21Cl2N5/c1-14-12-18(27(25-14)15-8-4-2-5-9-15)23-19-16(21)13-17(22)20(24-19)26-10-6-3-7-11-26/h2,4-5,8-9,12-13H,3,6-7,10-11H2,1H3,(H,23,24). The first-order valence-electron chi connectivity index (χ1n) is 9.12. The van der Waals surface area contributed by atoms with Crippen LogP contribution in [0.2, 0.25) is 10.0 Å². The van der Waals surface area contributed by atoms with Crippen molar-refractivity contribution >= 4 is 40.7 Å². The van der Waals surface area contributed by atoms with Crippen LogP contribution in [0, 0.1) is 6.92 Å². The number of piperidine rings is 1. The fourth-order valence-corrected chi connectivity index (χ4v) is 3.87. The van der Waals surface area contributed by atoms with Crippen molar-refractivity contribution < 1.29 is 0 Å². The van der Waals surface area contributed by atoms with Crippen LogP contribution in [0.5, 0.6) is 0 Å². The molecule has 1 N–H and O–H groups in total. The van der Waals surface area contributed by atoms with Crippen LogP contribution in [0.25, 0.3) is 5.69 Å². The van der Waals surface area contributed by atoms with Gasteiger partial charge in [-0.2, -0.15) is 5.10 Å². The van der Waals surface area contributed by atoms with Gasteiger partial charge >= 0.3 is 0 Å². The molecule has 1 aromatic carbocycles. The van der Waals surface area contributed by atoms with E-state index in [-0.39, 0.29) is 0 Å². The topological polar surface area (TPSA) is 46.0 Å². The number of aryl methyl sites for hydroxylation is 1. The van der Waals surface area contributed by atoms with Gasteiger partial charge in [0, 0.05) is 19.2 Å². The second-order valence-electron chi connectivity index (χ2n) is 6.72. The molecule has 0 atom stereocenters. The number of halogens is 2. The van der Waals surface area contributed by atoms with E-state index < -0.39 is 0 Å². The zero-order valence-corrected chi connectivity index (χ0v) is 16.6. The van der Waals surface area contributed by atoms with Crippen molar-refractivity contribution in [2.45, 2.75) is 26.2 Å². The van der Waals surface area contributed by atoms with Gasteiger partial charge < -0.3 is 10.2 Å². The molecular weight excluding hydrogens is 381 g/mol. The van der Waals surface area contributed by atoms with Crippen LogP contribution in [0.4, 0.5) is 17.5 Å². The van der Waals surface area contributed by atoms with Gasteiger partial charge in [-0.15, -0.1) is 0 Å². The summed E-state index contributed by atoms with van der Waals surface area (Å²) in [7, 11) is 0. The first-order valence-corrected chi connectivity index (χ1v) is 9.87. The Bertz CT molecular complexity index is 933. The van der Waals surface area contributed by atoms with E-state index in [9.17, 15) is 0 Å². The third-order valence-corrected chi connectivity index (χ3v) is 5.21. The summed E-state index contributed by atoms with van der Waals surface area (Å²) in [4.78, 5) is 6.97. The minimum Gasteiger partial charge on any atom is -0.355 e. The molecule has 1 aliphatic heterocycles. The van der Waals surface area contributed by atoms with Gasteiger partial charge in [0.05, 0.1) is 21.4 Å². The smallest absolute Gasteiger partial charge is 0.152 e. The number of benzene rings is 1. The minimum atomic E-state index is 0.485. The van der Waals surface area contributed by atoms with Crippen LogP contribution in [0.1, 0.15) is 25.0 Å². The number of nitrogens with one attached hydrogen (secondary N) is 1. The lowest BCUT2D eigenvalue weighted by Crippen LogP contribution is -2.30. The molecule has 2 aromatic heterocycles. The molecule has 7 heteroatoms. The summed E-state index contributed by atoms with van der Waals surface area (Å²) >= 11 is 12.9. The monoisotopic (exact) mass is 401 g/mol. The first kappa shape index (κ1) is 18.1. The summed E-state index contributed by atoms with van der Waals surface area (Å²) in [5.41, 5.74) is 1.87. The van der Waals surface area contributed by atoms with Crippen molar-refractivity contribution in [2.75, 3.05) is 23.3 Å². The van der Waals surface area contributed by atoms with Gasteiger partial charge in [0.1, 0.15) is 11.6 Å². The van der Waals surface area contributed by atoms with E-state index in [1.165, 1.54) is 6.42 Å². The highest BCUT2D eigenvalue weighted by Crippen LogP contribution is 2.34. The van der Waals surface area contributed by atoms with E-state index in [1.54, 1.807) is 6.07 Å². The number of aromatic nitrogens is 3. The van der Waals surface area contributed by atoms with E-state index in [2.05, 4.69) is 15.3 Å². The first-order chi connectivity index (χ1) is 13.1. The second kappa shape index (κ2) is 7.79. The molecule has 4 rings (SSSR count). The van der Waals surface area contributed by atoms with Gasteiger partial charge in [-0.25, -0.2) is 9.67 Å². The SMILES string of the molecule is Cc1cc(Nc2nc(N3CCCCC3)c(Cl)cc2Cl)n(-c2ccccc2)n1. The Kier molecular flexibility index (Phi) is 5.23. The average Bonchev–Trinajstić information content (AvgIpc) is 3.05. The molecule has 140 valence electrons. The van der Waals surface area contributed by atoms with Crippen LogP contribution in [-0.4, -0.2) is 27.9 Å². The summed E-state index contributed by atoms with van der Waals surface area (Å²) < 4.78 is 1.85. The fraction of sp³-hybridized carbons (Fsp3) is 0.300. The molecular formula is C20H21Cl2N5. The molecule has 0 aliphatic carbocycles. The zero-order valence-electron chi connectivity index (χ0n) is 15.1. The van der Waals surface area contributed by atoms with Crippen molar-refractivity contribution in [1.29, 1.82) is 0 Å². The zero-order chi connectivity index (χ0) is 18.8. The Morgan fingerprint density at radius 2 is 1.70 bits per heavy atom. The normalized spacial score (nSPS) is 14.4. The Labute approximate surface area is 168 Å². The van der Waals surface area contributed by atoms with Crippen LogP contribution < -0.4 is 10.2 Å². The summed E-state index contributed by atoms with van der Waals surface area (Å²) in [6.07, 6.45) is 3.56. The number of anilines is 3. The van der Waals surface area contributed by atoms with E-state index in [0.29, 0.717) is 15.9 Å². The molecule has 3 aromatic rings. The highest BCUT2D eigenvalue weighted by Gasteiger charge is 2.19. The molecule has 1 aliphatic rings. The molecule has 0 bridgehead atoms. The van der Waals surface area contributed by atoms with Crippen molar-refractivity contribution in [2.24, 2.45) is 0 Å². The Morgan fingerprint density at radius 3 is 2.44 bits per heavy atom. The Balaban J connectivity index is 1.69. The summed E-state index contributed by atoms with van der Waals surface area (Å²) in [6, 6.07) is 13.7. The van der Waals surface area contributed by atoms with Crippen LogP contribution in [0.3, 0.4) is 0 Å². The molecule has 0 radical (unpaired) electrons. The molecule has 0 amide bonds. The van der Waals surface area contributed by atoms with Crippen LogP contribution in [-0.2, 0) is 0 Å². The highest BCUT2D eigenvalue weighted by atomic mass is 35.5. The maximum absolute atomic E-state index is 6.44. The Hall–Kier alpha value is -2.24. The van der Waals surface area contributed by atoms with Crippen molar-refractivity contribution in [3.05, 3.63) is 58.2 Å². The number of nitrogens with zero attached hydrogens (tertiary/aromatic N) is 4. The van der Waals surface area contributed by atoms with Crippen molar-refractivity contribution in [1.82, 2.24) is 14.8 Å². The van der Waals surface area contributed by atoms with E-state index >= 15 is 0 Å². The number of pyridine rings is 1. The quantitative estimate of drug-likeness (QED) is 0.616. The number of hydrogen-bond donors (Lipinski definition) is 1. The van der Waals surface area contributed by atoms with E-state index in [4.69, 9.17) is 28.2 Å². The van der Waals surface area contributed by atoms with Gasteiger partial charge in [0.25, 0.3) is 0 Å². The average molecular weight is 402 g/mol. The van der Waals surface area contributed by atoms with E-state index in [1.807, 2.05) is 48.0 Å². The van der Waals surface area contributed by atoms with Crippen molar-refractivity contribution in [3.63, 3.8) is 0 Å². The largest absolute Gasteiger partial charge is 0.355 e. The predicted molar refractivity (Wildman–Crippen MR) is 112 cm³/mol. The Morgan fingerprint density at radius 1 is 0.963 bits per heavy atom. The van der Waals surface area contributed by atoms with Crippen molar-refractivity contribution in [3.8, 4) is 5.69 Å². The lowest BCUT2D eigenvalue weighted by molar-refractivity contribution is 0.574. The van der Waals surface area contributed by atoms with Crippen LogP contribution >= 0.6 is 23.2 Å². The lowest BCUT2D eigenvalue weighted by Gasteiger charge is -2.29. The maximum Gasteiger partial charge on any atom is 0.152 e. The molecule has 1 saturated heterocycles. The molecule has 0 spiro atoms. The molecule has 3 heterocycles. The van der Waals surface area contributed by atoms with Crippen LogP contribution in [0.15, 0.2) is 42.5 Å². The van der Waals surface area contributed by atoms with Gasteiger partial charge in [-0.1, -0.05) is 41.4 Å². The summed E-state index contributed by atoms with van der Waals surface area (Å²) in [6.45, 7) is 3.89. The van der Waals surface area contributed by atoms with E-state index in [0.717, 1.165) is 48.9 Å². The molecule has 1 fully saturated rings. The molecule has 5 nitrogen and oxygen atoms in total. The number of hydrogen-bond acceptors (Lipinski definition) is 4. The third-order valence-electron chi connectivity index (χ3n) is 4.65. The molecule has 0 saturated carbocycles. The van der Waals surface area contributed by atoms with Gasteiger partial charge in [0.15, 0.2) is 5.82 Å². The van der Waals surface area contributed by atoms with Gasteiger partial charge in [0.2, 0.25) is 0 Å². The minimum absolute atomic E-state index is 0.485.